The monoisotopic (exact) mass is 295 g/mol. The Hall–Kier alpha value is -1.38. The molecule has 2 N–H and O–H groups in total. The maximum atomic E-state index is 9.28. The Balaban J connectivity index is 2.22. The zero-order chi connectivity index (χ0) is 13.8. The van der Waals surface area contributed by atoms with Crippen LogP contribution in [-0.4, -0.2) is 5.11 Å². The predicted octanol–water partition coefficient (Wildman–Crippen LogP) is 5.26. The predicted molar refractivity (Wildman–Crippen MR) is 81.2 cm³/mol. The van der Waals surface area contributed by atoms with Crippen LogP contribution in [0.5, 0.6) is 5.75 Å². The number of aromatic hydroxyl groups is 1. The van der Waals surface area contributed by atoms with Crippen LogP contribution in [0.1, 0.15) is 24.9 Å². The molecule has 4 heteroatoms. The SMILES string of the molecule is CCC(Nc1ccc(O)cc1)c1ccc(Cl)cc1Cl. The van der Waals surface area contributed by atoms with E-state index in [9.17, 15) is 5.11 Å². The van der Waals surface area contributed by atoms with E-state index < -0.39 is 0 Å². The van der Waals surface area contributed by atoms with E-state index in [1.807, 2.05) is 24.3 Å². The van der Waals surface area contributed by atoms with Gasteiger partial charge in [0.2, 0.25) is 0 Å². The highest BCUT2D eigenvalue weighted by Crippen LogP contribution is 2.30. The summed E-state index contributed by atoms with van der Waals surface area (Å²) in [6.45, 7) is 2.09. The van der Waals surface area contributed by atoms with E-state index in [4.69, 9.17) is 23.2 Å². The van der Waals surface area contributed by atoms with Crippen molar-refractivity contribution >= 4 is 28.9 Å². The van der Waals surface area contributed by atoms with Crippen LogP contribution in [0.2, 0.25) is 10.0 Å². The number of anilines is 1. The summed E-state index contributed by atoms with van der Waals surface area (Å²) in [7, 11) is 0. The summed E-state index contributed by atoms with van der Waals surface area (Å²) in [6, 6.07) is 12.6. The van der Waals surface area contributed by atoms with Gasteiger partial charge in [-0.25, -0.2) is 0 Å². The maximum absolute atomic E-state index is 9.28. The first-order chi connectivity index (χ1) is 9.10. The van der Waals surface area contributed by atoms with Crippen molar-refractivity contribution in [1.29, 1.82) is 0 Å². The molecule has 19 heavy (non-hydrogen) atoms. The van der Waals surface area contributed by atoms with Gasteiger partial charge in [-0.3, -0.25) is 0 Å². The summed E-state index contributed by atoms with van der Waals surface area (Å²) < 4.78 is 0. The molecular formula is C15H15Cl2NO. The minimum atomic E-state index is 0.106. The second-order valence-corrected chi connectivity index (χ2v) is 5.16. The van der Waals surface area contributed by atoms with Crippen LogP contribution in [0.4, 0.5) is 5.69 Å². The average molecular weight is 296 g/mol. The van der Waals surface area contributed by atoms with E-state index in [1.165, 1.54) is 0 Å². The Kier molecular flexibility index (Phi) is 4.56. The van der Waals surface area contributed by atoms with Gasteiger partial charge in [-0.1, -0.05) is 36.2 Å². The van der Waals surface area contributed by atoms with Gasteiger partial charge in [0.05, 0.1) is 6.04 Å². The molecule has 0 aliphatic heterocycles. The zero-order valence-corrected chi connectivity index (χ0v) is 12.0. The normalized spacial score (nSPS) is 12.2. The molecule has 100 valence electrons. The third-order valence-electron chi connectivity index (χ3n) is 2.95. The lowest BCUT2D eigenvalue weighted by molar-refractivity contribution is 0.475. The molecule has 0 saturated heterocycles. The number of nitrogens with one attached hydrogen (secondary N) is 1. The Bertz CT molecular complexity index is 555. The number of hydrogen-bond donors (Lipinski definition) is 2. The van der Waals surface area contributed by atoms with Crippen LogP contribution in [0, 0.1) is 0 Å². The summed E-state index contributed by atoms with van der Waals surface area (Å²) in [6.07, 6.45) is 0.891. The van der Waals surface area contributed by atoms with Crippen molar-refractivity contribution in [2.24, 2.45) is 0 Å². The molecule has 0 radical (unpaired) electrons. The van der Waals surface area contributed by atoms with Gasteiger partial charge >= 0.3 is 0 Å². The average Bonchev–Trinajstić information content (AvgIpc) is 2.39. The first kappa shape index (κ1) is 14.0. The highest BCUT2D eigenvalue weighted by molar-refractivity contribution is 6.35. The summed E-state index contributed by atoms with van der Waals surface area (Å²) in [4.78, 5) is 0. The molecule has 0 spiro atoms. The van der Waals surface area contributed by atoms with Gasteiger partial charge in [0.15, 0.2) is 0 Å². The lowest BCUT2D eigenvalue weighted by Crippen LogP contribution is -2.10. The number of benzene rings is 2. The van der Waals surface area contributed by atoms with Gasteiger partial charge in [0.25, 0.3) is 0 Å². The van der Waals surface area contributed by atoms with E-state index in [0.29, 0.717) is 10.0 Å². The summed E-state index contributed by atoms with van der Waals surface area (Å²) >= 11 is 12.1. The Morgan fingerprint density at radius 3 is 2.37 bits per heavy atom. The van der Waals surface area contributed by atoms with Crippen LogP contribution in [0.25, 0.3) is 0 Å². The van der Waals surface area contributed by atoms with Crippen molar-refractivity contribution < 1.29 is 5.11 Å². The van der Waals surface area contributed by atoms with Gasteiger partial charge in [-0.05, 0) is 48.4 Å². The van der Waals surface area contributed by atoms with E-state index >= 15 is 0 Å². The van der Waals surface area contributed by atoms with Crippen molar-refractivity contribution in [3.05, 3.63) is 58.1 Å². The standard InChI is InChI=1S/C15H15Cl2NO/c1-2-15(13-8-3-10(16)9-14(13)17)18-11-4-6-12(19)7-5-11/h3-9,15,18-19H,2H2,1H3. The largest absolute Gasteiger partial charge is 0.508 e. The van der Waals surface area contributed by atoms with Crippen molar-refractivity contribution in [2.45, 2.75) is 19.4 Å². The molecule has 0 bridgehead atoms. The highest BCUT2D eigenvalue weighted by atomic mass is 35.5. The summed E-state index contributed by atoms with van der Waals surface area (Å²) in [5, 5.41) is 14.0. The Morgan fingerprint density at radius 1 is 1.11 bits per heavy atom. The second-order valence-electron chi connectivity index (χ2n) is 4.32. The molecule has 0 aliphatic rings. The number of hydrogen-bond acceptors (Lipinski definition) is 2. The lowest BCUT2D eigenvalue weighted by atomic mass is 10.0. The molecule has 0 saturated carbocycles. The van der Waals surface area contributed by atoms with E-state index in [-0.39, 0.29) is 11.8 Å². The maximum Gasteiger partial charge on any atom is 0.115 e. The lowest BCUT2D eigenvalue weighted by Gasteiger charge is -2.20. The van der Waals surface area contributed by atoms with Crippen LogP contribution in [0.15, 0.2) is 42.5 Å². The quantitative estimate of drug-likeness (QED) is 0.754. The van der Waals surface area contributed by atoms with Gasteiger partial charge in [-0.15, -0.1) is 0 Å². The van der Waals surface area contributed by atoms with Gasteiger partial charge in [0, 0.05) is 15.7 Å². The van der Waals surface area contributed by atoms with E-state index in [0.717, 1.165) is 17.7 Å². The fourth-order valence-corrected chi connectivity index (χ4v) is 2.48. The van der Waals surface area contributed by atoms with Crippen molar-refractivity contribution in [3.63, 3.8) is 0 Å². The Morgan fingerprint density at radius 2 is 1.79 bits per heavy atom. The van der Waals surface area contributed by atoms with Crippen LogP contribution in [0.3, 0.4) is 0 Å². The van der Waals surface area contributed by atoms with E-state index in [1.54, 1.807) is 18.2 Å². The molecule has 2 aromatic carbocycles. The van der Waals surface area contributed by atoms with Gasteiger partial charge < -0.3 is 10.4 Å². The van der Waals surface area contributed by atoms with E-state index in [2.05, 4.69) is 12.2 Å². The molecule has 2 rings (SSSR count). The minimum Gasteiger partial charge on any atom is -0.508 e. The number of phenolic OH excluding ortho intramolecular Hbond substituents is 1. The molecular weight excluding hydrogens is 281 g/mol. The number of phenols is 1. The molecule has 0 amide bonds. The van der Waals surface area contributed by atoms with Gasteiger partial charge in [0.1, 0.15) is 5.75 Å². The minimum absolute atomic E-state index is 0.106. The molecule has 0 aromatic heterocycles. The van der Waals surface area contributed by atoms with Crippen LogP contribution < -0.4 is 5.32 Å². The van der Waals surface area contributed by atoms with Crippen molar-refractivity contribution in [1.82, 2.24) is 0 Å². The van der Waals surface area contributed by atoms with Crippen LogP contribution >= 0.6 is 23.2 Å². The smallest absolute Gasteiger partial charge is 0.115 e. The fourth-order valence-electron chi connectivity index (χ4n) is 1.94. The number of rotatable bonds is 4. The summed E-state index contributed by atoms with van der Waals surface area (Å²) in [5.74, 6) is 0.253. The molecule has 1 unspecified atom stereocenters. The topological polar surface area (TPSA) is 32.3 Å². The zero-order valence-electron chi connectivity index (χ0n) is 10.5. The van der Waals surface area contributed by atoms with Crippen molar-refractivity contribution in [3.8, 4) is 5.75 Å². The second kappa shape index (κ2) is 6.18. The molecule has 1 atom stereocenters. The first-order valence-electron chi connectivity index (χ1n) is 6.10. The number of halogens is 2. The van der Waals surface area contributed by atoms with Crippen LogP contribution in [-0.2, 0) is 0 Å². The third kappa shape index (κ3) is 3.55. The Labute approximate surface area is 123 Å². The third-order valence-corrected chi connectivity index (χ3v) is 3.52. The molecule has 0 fully saturated rings. The molecule has 0 heterocycles. The molecule has 2 nitrogen and oxygen atoms in total. The first-order valence-corrected chi connectivity index (χ1v) is 6.86. The molecule has 2 aromatic rings. The summed E-state index contributed by atoms with van der Waals surface area (Å²) in [5.41, 5.74) is 1.96. The highest BCUT2D eigenvalue weighted by Gasteiger charge is 2.13. The van der Waals surface area contributed by atoms with Gasteiger partial charge in [-0.2, -0.15) is 0 Å². The van der Waals surface area contributed by atoms with Crippen molar-refractivity contribution in [2.75, 3.05) is 5.32 Å². The fraction of sp³-hybridized carbons (Fsp3) is 0.200. The molecule has 0 aliphatic carbocycles.